The fourth-order valence-corrected chi connectivity index (χ4v) is 2.18. The second-order valence-corrected chi connectivity index (χ2v) is 5.04. The number of phenolic OH excluding ortho intramolecular Hbond substituents is 2. The average Bonchev–Trinajstić information content (AvgIpc) is 2.66. The molecular weight excluding hydrogens is 340 g/mol. The molecule has 2 aromatic carbocycles. The molecule has 0 radical (unpaired) electrons. The van der Waals surface area contributed by atoms with Crippen LogP contribution in [0.4, 0.5) is 0 Å². The third-order valence-corrected chi connectivity index (χ3v) is 3.48. The summed E-state index contributed by atoms with van der Waals surface area (Å²) in [4.78, 5) is 0. The normalized spacial score (nSPS) is 11.1. The highest BCUT2D eigenvalue weighted by molar-refractivity contribution is 5.85. The molecule has 8 nitrogen and oxygen atoms in total. The van der Waals surface area contributed by atoms with Crippen molar-refractivity contribution in [1.29, 1.82) is 0 Å². The molecule has 2 rings (SSSR count). The first-order valence-corrected chi connectivity index (χ1v) is 7.50. The van der Waals surface area contributed by atoms with E-state index in [4.69, 9.17) is 18.9 Å². The van der Waals surface area contributed by atoms with E-state index >= 15 is 0 Å². The maximum Gasteiger partial charge on any atom is 0.200 e. The van der Waals surface area contributed by atoms with E-state index in [0.29, 0.717) is 11.1 Å². The summed E-state index contributed by atoms with van der Waals surface area (Å²) in [5.41, 5.74) is 1.27. The molecule has 2 N–H and O–H groups in total. The predicted octanol–water partition coefficient (Wildman–Crippen LogP) is 2.59. The first kappa shape index (κ1) is 18.9. The van der Waals surface area contributed by atoms with Gasteiger partial charge in [0.05, 0.1) is 40.9 Å². The fourth-order valence-electron chi connectivity index (χ4n) is 2.18. The molecule has 0 aromatic heterocycles. The van der Waals surface area contributed by atoms with Gasteiger partial charge in [0.15, 0.2) is 23.0 Å². The van der Waals surface area contributed by atoms with Crippen LogP contribution in [-0.4, -0.2) is 51.1 Å². The Labute approximate surface area is 150 Å². The number of hydrogen-bond donors (Lipinski definition) is 2. The lowest BCUT2D eigenvalue weighted by Crippen LogP contribution is -1.92. The monoisotopic (exact) mass is 360 g/mol. The number of nitrogens with zero attached hydrogens (tertiary/aromatic N) is 2. The molecule has 0 saturated carbocycles. The molecule has 0 amide bonds. The van der Waals surface area contributed by atoms with E-state index in [-0.39, 0.29) is 34.5 Å². The predicted molar refractivity (Wildman–Crippen MR) is 97.6 cm³/mol. The third kappa shape index (κ3) is 4.15. The Balaban J connectivity index is 2.23. The van der Waals surface area contributed by atoms with Crippen molar-refractivity contribution in [3.63, 3.8) is 0 Å². The molecule has 0 fully saturated rings. The molecule has 138 valence electrons. The number of benzene rings is 2. The first-order valence-electron chi connectivity index (χ1n) is 7.50. The Kier molecular flexibility index (Phi) is 6.26. The molecule has 0 unspecified atom stereocenters. The summed E-state index contributed by atoms with van der Waals surface area (Å²) >= 11 is 0. The Morgan fingerprint density at radius 3 is 1.12 bits per heavy atom. The van der Waals surface area contributed by atoms with Gasteiger partial charge in [-0.15, -0.1) is 0 Å². The zero-order valence-corrected chi connectivity index (χ0v) is 14.9. The minimum atomic E-state index is -0.0843. The second kappa shape index (κ2) is 8.61. The number of ether oxygens (including phenoxy) is 4. The number of aromatic hydroxyl groups is 2. The Hall–Kier alpha value is -3.42. The number of methoxy groups -OCH3 is 4. The molecule has 26 heavy (non-hydrogen) atoms. The van der Waals surface area contributed by atoms with Crippen LogP contribution in [0.25, 0.3) is 0 Å². The van der Waals surface area contributed by atoms with Gasteiger partial charge in [-0.25, -0.2) is 0 Å². The van der Waals surface area contributed by atoms with Gasteiger partial charge < -0.3 is 29.2 Å². The zero-order valence-electron chi connectivity index (χ0n) is 14.9. The van der Waals surface area contributed by atoms with Crippen molar-refractivity contribution in [3.05, 3.63) is 35.4 Å². The lowest BCUT2D eigenvalue weighted by Gasteiger charge is -2.09. The minimum Gasteiger partial charge on any atom is -0.502 e. The summed E-state index contributed by atoms with van der Waals surface area (Å²) < 4.78 is 20.3. The molecule has 8 heteroatoms. The Morgan fingerprint density at radius 2 is 0.885 bits per heavy atom. The second-order valence-electron chi connectivity index (χ2n) is 5.04. The molecule has 0 aliphatic rings. The molecule has 0 atom stereocenters. The van der Waals surface area contributed by atoms with Crippen molar-refractivity contribution < 1.29 is 29.2 Å². The Bertz CT molecular complexity index is 713. The van der Waals surface area contributed by atoms with Gasteiger partial charge in [0, 0.05) is 11.1 Å². The van der Waals surface area contributed by atoms with Crippen LogP contribution < -0.4 is 18.9 Å². The molecular formula is C18H20N2O6. The summed E-state index contributed by atoms with van der Waals surface area (Å²) in [6, 6.07) is 6.40. The van der Waals surface area contributed by atoms with Gasteiger partial charge >= 0.3 is 0 Å². The lowest BCUT2D eigenvalue weighted by atomic mass is 10.2. The van der Waals surface area contributed by atoms with Gasteiger partial charge in [-0.2, -0.15) is 10.2 Å². The highest BCUT2D eigenvalue weighted by Crippen LogP contribution is 2.37. The smallest absolute Gasteiger partial charge is 0.200 e. The molecule has 0 heterocycles. The van der Waals surface area contributed by atoms with Gasteiger partial charge in [0.2, 0.25) is 11.5 Å². The van der Waals surface area contributed by atoms with Crippen LogP contribution in [0.15, 0.2) is 34.5 Å². The van der Waals surface area contributed by atoms with Crippen molar-refractivity contribution in [1.82, 2.24) is 0 Å². The SMILES string of the molecule is COc1cc(/C=N\N=C\c2cc(OC)c(O)c(OC)c2)cc(OC)c1O. The number of hydrogen-bond acceptors (Lipinski definition) is 8. The van der Waals surface area contributed by atoms with E-state index in [1.807, 2.05) is 0 Å². The summed E-state index contributed by atoms with van der Waals surface area (Å²) in [5, 5.41) is 27.7. The van der Waals surface area contributed by atoms with Crippen molar-refractivity contribution >= 4 is 12.4 Å². The first-order chi connectivity index (χ1) is 12.5. The van der Waals surface area contributed by atoms with E-state index in [0.717, 1.165) is 0 Å². The quantitative estimate of drug-likeness (QED) is 0.581. The van der Waals surface area contributed by atoms with Crippen molar-refractivity contribution in [2.75, 3.05) is 28.4 Å². The van der Waals surface area contributed by atoms with Gasteiger partial charge in [-0.05, 0) is 24.3 Å². The highest BCUT2D eigenvalue weighted by atomic mass is 16.5. The van der Waals surface area contributed by atoms with Gasteiger partial charge in [-0.3, -0.25) is 0 Å². The van der Waals surface area contributed by atoms with Gasteiger partial charge in [0.25, 0.3) is 0 Å². The van der Waals surface area contributed by atoms with Crippen molar-refractivity contribution in [3.8, 4) is 34.5 Å². The van der Waals surface area contributed by atoms with Crippen LogP contribution in [0, 0.1) is 0 Å². The Morgan fingerprint density at radius 1 is 0.615 bits per heavy atom. The van der Waals surface area contributed by atoms with Gasteiger partial charge in [0.1, 0.15) is 0 Å². The highest BCUT2D eigenvalue weighted by Gasteiger charge is 2.11. The van der Waals surface area contributed by atoms with Crippen LogP contribution in [0.3, 0.4) is 0 Å². The third-order valence-electron chi connectivity index (χ3n) is 3.48. The summed E-state index contributed by atoms with van der Waals surface area (Å²) in [6.07, 6.45) is 2.96. The van der Waals surface area contributed by atoms with E-state index in [1.54, 1.807) is 24.3 Å². The van der Waals surface area contributed by atoms with Crippen LogP contribution in [0.2, 0.25) is 0 Å². The lowest BCUT2D eigenvalue weighted by molar-refractivity contribution is 0.340. The minimum absolute atomic E-state index is 0.0843. The summed E-state index contributed by atoms with van der Waals surface area (Å²) in [5.74, 6) is 0.897. The topological polar surface area (TPSA) is 102 Å². The molecule has 0 bridgehead atoms. The van der Waals surface area contributed by atoms with Crippen LogP contribution in [0.1, 0.15) is 11.1 Å². The molecule has 0 spiro atoms. The zero-order chi connectivity index (χ0) is 19.1. The molecule has 0 aliphatic carbocycles. The van der Waals surface area contributed by atoms with Crippen LogP contribution >= 0.6 is 0 Å². The van der Waals surface area contributed by atoms with Crippen molar-refractivity contribution in [2.45, 2.75) is 0 Å². The largest absolute Gasteiger partial charge is 0.502 e. The fraction of sp³-hybridized carbons (Fsp3) is 0.222. The van der Waals surface area contributed by atoms with E-state index in [2.05, 4.69) is 10.2 Å². The van der Waals surface area contributed by atoms with Crippen LogP contribution in [-0.2, 0) is 0 Å². The van der Waals surface area contributed by atoms with Crippen LogP contribution in [0.5, 0.6) is 34.5 Å². The maximum absolute atomic E-state index is 9.89. The van der Waals surface area contributed by atoms with E-state index in [9.17, 15) is 10.2 Å². The van der Waals surface area contributed by atoms with E-state index < -0.39 is 0 Å². The van der Waals surface area contributed by atoms with Crippen molar-refractivity contribution in [2.24, 2.45) is 10.2 Å². The number of rotatable bonds is 7. The molecule has 0 aliphatic heterocycles. The molecule has 0 saturated heterocycles. The maximum atomic E-state index is 9.89. The molecule has 2 aromatic rings. The number of phenols is 2. The standard InChI is InChI=1S/C18H20N2O6/c1-23-13-5-11(6-14(24-2)17(13)21)9-19-20-10-12-7-15(25-3)18(22)16(8-12)26-4/h5-10,21-22H,1-4H3/b19-9-,20-10+. The van der Waals surface area contributed by atoms with Gasteiger partial charge in [-0.1, -0.05) is 0 Å². The van der Waals surface area contributed by atoms with E-state index in [1.165, 1.54) is 40.9 Å². The summed E-state index contributed by atoms with van der Waals surface area (Å²) in [7, 11) is 5.77. The average molecular weight is 360 g/mol. The summed E-state index contributed by atoms with van der Waals surface area (Å²) in [6.45, 7) is 0.